The summed E-state index contributed by atoms with van der Waals surface area (Å²) >= 11 is 0. The number of halogens is 1. The molecular weight excluding hydrogens is 493 g/mol. The van der Waals surface area contributed by atoms with E-state index in [2.05, 4.69) is 16.8 Å². The summed E-state index contributed by atoms with van der Waals surface area (Å²) in [6.45, 7) is 9.25. The minimum absolute atomic E-state index is 0.0633. The van der Waals surface area contributed by atoms with Crippen LogP contribution in [0.3, 0.4) is 0 Å². The molecule has 39 heavy (non-hydrogen) atoms. The molecule has 1 aliphatic heterocycles. The number of likely N-dealkylation sites (tertiary alicyclic amines) is 1. The zero-order chi connectivity index (χ0) is 27.7. The number of aromatic nitrogens is 3. The molecule has 5 rings (SSSR count). The first-order chi connectivity index (χ1) is 18.7. The van der Waals surface area contributed by atoms with Crippen LogP contribution in [0.1, 0.15) is 82.1 Å². The van der Waals surface area contributed by atoms with Crippen molar-refractivity contribution < 1.29 is 9.18 Å². The Balaban J connectivity index is 1.41. The van der Waals surface area contributed by atoms with Crippen molar-refractivity contribution in [2.45, 2.75) is 77.8 Å². The highest BCUT2D eigenvalue weighted by atomic mass is 19.1. The van der Waals surface area contributed by atoms with Crippen LogP contribution in [0.2, 0.25) is 0 Å². The van der Waals surface area contributed by atoms with Crippen molar-refractivity contribution in [3.8, 4) is 5.69 Å². The summed E-state index contributed by atoms with van der Waals surface area (Å²) < 4.78 is 17.8. The third-order valence-corrected chi connectivity index (χ3v) is 9.11. The number of nitrogens with zero attached hydrogens (tertiary/aromatic N) is 5. The Hall–Kier alpha value is -3.00. The van der Waals surface area contributed by atoms with Crippen LogP contribution < -0.4 is 5.69 Å². The highest BCUT2D eigenvalue weighted by Gasteiger charge is 2.28. The van der Waals surface area contributed by atoms with Crippen LogP contribution in [-0.2, 0) is 0 Å². The van der Waals surface area contributed by atoms with E-state index in [1.165, 1.54) is 50.3 Å². The fourth-order valence-corrected chi connectivity index (χ4v) is 6.34. The monoisotopic (exact) mass is 535 g/mol. The maximum atomic E-state index is 14.4. The lowest BCUT2D eigenvalue weighted by molar-refractivity contribution is 0.0754. The Morgan fingerprint density at radius 3 is 2.49 bits per heavy atom. The molecule has 3 aromatic rings. The molecule has 0 unspecified atom stereocenters. The maximum absolute atomic E-state index is 14.4. The van der Waals surface area contributed by atoms with Gasteiger partial charge in [-0.2, -0.15) is 0 Å². The number of hydrogen-bond acceptors (Lipinski definition) is 4. The maximum Gasteiger partial charge on any atom is 0.334 e. The van der Waals surface area contributed by atoms with E-state index in [1.54, 1.807) is 28.9 Å². The van der Waals surface area contributed by atoms with E-state index in [4.69, 9.17) is 0 Å². The van der Waals surface area contributed by atoms with E-state index in [0.29, 0.717) is 11.2 Å². The van der Waals surface area contributed by atoms with Gasteiger partial charge in [-0.15, -0.1) is 0 Å². The van der Waals surface area contributed by atoms with E-state index in [9.17, 15) is 14.0 Å². The van der Waals surface area contributed by atoms with Gasteiger partial charge in [0.1, 0.15) is 5.82 Å². The molecule has 0 bridgehead atoms. The number of rotatable bonds is 7. The summed E-state index contributed by atoms with van der Waals surface area (Å²) in [6.07, 6.45) is 11.9. The van der Waals surface area contributed by atoms with Gasteiger partial charge in [-0.05, 0) is 75.8 Å². The second kappa shape index (κ2) is 11.6. The molecule has 0 N–H and O–H groups in total. The average Bonchev–Trinajstić information content (AvgIpc) is 3.23. The van der Waals surface area contributed by atoms with Gasteiger partial charge in [0.2, 0.25) is 0 Å². The molecule has 1 aromatic carbocycles. The van der Waals surface area contributed by atoms with Gasteiger partial charge < -0.3 is 9.80 Å². The van der Waals surface area contributed by atoms with E-state index < -0.39 is 5.82 Å². The van der Waals surface area contributed by atoms with Crippen molar-refractivity contribution in [3.63, 3.8) is 0 Å². The van der Waals surface area contributed by atoms with Crippen LogP contribution in [0.5, 0.6) is 0 Å². The normalized spacial score (nSPS) is 21.1. The number of carbonyl (C=O) groups excluding carboxylic acids is 1. The van der Waals surface area contributed by atoms with Crippen molar-refractivity contribution in [3.05, 3.63) is 58.5 Å². The topological polar surface area (TPSA) is 63.4 Å². The molecule has 2 aliphatic rings. The standard InChI is InChI=1S/C31H42FN5O2/c1-21(2)34(4)30(38)26-19-24(32)9-10-27(26)37-29-20-33-15-11-28(29)36(31(37)39)25-13-17-35(18-14-25)16-12-23-7-5-22(3)6-8-23/h9-11,15,19-23,25H,5-8,12-14,16-18H2,1-4H3/t22-,23-. The molecular formula is C31H42FN5O2. The molecule has 1 saturated carbocycles. The van der Waals surface area contributed by atoms with Gasteiger partial charge in [-0.1, -0.05) is 32.6 Å². The van der Waals surface area contributed by atoms with Crippen LogP contribution in [-0.4, -0.2) is 62.5 Å². The second-order valence-corrected chi connectivity index (χ2v) is 12.0. The molecule has 1 aliphatic carbocycles. The molecule has 7 nitrogen and oxygen atoms in total. The molecule has 2 aromatic heterocycles. The lowest BCUT2D eigenvalue weighted by Gasteiger charge is -2.34. The fraction of sp³-hybridized carbons (Fsp3) is 0.581. The number of hydrogen-bond donors (Lipinski definition) is 0. The van der Waals surface area contributed by atoms with E-state index in [-0.39, 0.29) is 29.2 Å². The highest BCUT2D eigenvalue weighted by molar-refractivity contribution is 5.98. The predicted octanol–water partition coefficient (Wildman–Crippen LogP) is 5.66. The number of imidazole rings is 1. The van der Waals surface area contributed by atoms with E-state index in [0.717, 1.165) is 49.8 Å². The van der Waals surface area contributed by atoms with Crippen LogP contribution in [0, 0.1) is 17.7 Å². The van der Waals surface area contributed by atoms with Crippen molar-refractivity contribution >= 4 is 16.9 Å². The Bertz CT molecular complexity index is 1360. The van der Waals surface area contributed by atoms with E-state index in [1.807, 2.05) is 24.5 Å². The number of pyridine rings is 1. The largest absolute Gasteiger partial charge is 0.339 e. The molecule has 8 heteroatoms. The SMILES string of the molecule is CC(C)N(C)C(=O)c1cc(F)ccc1-n1c(=O)n(C2CCN(CC[C@H]3CC[C@H](C)CC3)CC2)c2ccncc21. The summed E-state index contributed by atoms with van der Waals surface area (Å²) in [5, 5.41) is 0. The fourth-order valence-electron chi connectivity index (χ4n) is 6.34. The van der Waals surface area contributed by atoms with Gasteiger partial charge in [0, 0.05) is 38.4 Å². The van der Waals surface area contributed by atoms with Crippen molar-refractivity contribution in [2.24, 2.45) is 11.8 Å². The van der Waals surface area contributed by atoms with Crippen molar-refractivity contribution in [1.29, 1.82) is 0 Å². The zero-order valence-corrected chi connectivity index (χ0v) is 23.8. The quantitative estimate of drug-likeness (QED) is 0.392. The molecule has 1 amide bonds. The van der Waals surface area contributed by atoms with E-state index >= 15 is 0 Å². The van der Waals surface area contributed by atoms with Gasteiger partial charge in [0.25, 0.3) is 5.91 Å². The molecule has 0 spiro atoms. The summed E-state index contributed by atoms with van der Waals surface area (Å²) in [6, 6.07) is 5.93. The number of benzene rings is 1. The summed E-state index contributed by atoms with van der Waals surface area (Å²) in [5.74, 6) is 0.906. The molecule has 3 heterocycles. The first-order valence-corrected chi connectivity index (χ1v) is 14.6. The summed E-state index contributed by atoms with van der Waals surface area (Å²) in [7, 11) is 1.69. The van der Waals surface area contributed by atoms with Crippen LogP contribution in [0.4, 0.5) is 4.39 Å². The minimum atomic E-state index is -0.510. The number of fused-ring (bicyclic) bond motifs is 1. The van der Waals surface area contributed by atoms with Gasteiger partial charge in [0.05, 0.1) is 28.5 Å². The van der Waals surface area contributed by atoms with Gasteiger partial charge in [0.15, 0.2) is 0 Å². The first kappa shape index (κ1) is 27.6. The smallest absolute Gasteiger partial charge is 0.334 e. The van der Waals surface area contributed by atoms with Crippen LogP contribution in [0.15, 0.2) is 41.5 Å². The Labute approximate surface area is 230 Å². The van der Waals surface area contributed by atoms with Gasteiger partial charge in [-0.3, -0.25) is 18.9 Å². The Morgan fingerprint density at radius 2 is 1.79 bits per heavy atom. The molecule has 2 fully saturated rings. The lowest BCUT2D eigenvalue weighted by atomic mass is 9.81. The lowest BCUT2D eigenvalue weighted by Crippen LogP contribution is -2.39. The zero-order valence-electron chi connectivity index (χ0n) is 23.8. The predicted molar refractivity (Wildman–Crippen MR) is 153 cm³/mol. The van der Waals surface area contributed by atoms with Gasteiger partial charge in [-0.25, -0.2) is 9.18 Å². The van der Waals surface area contributed by atoms with Gasteiger partial charge >= 0.3 is 5.69 Å². The summed E-state index contributed by atoms with van der Waals surface area (Å²) in [5.41, 5.74) is 1.77. The first-order valence-electron chi connectivity index (χ1n) is 14.6. The third-order valence-electron chi connectivity index (χ3n) is 9.11. The van der Waals surface area contributed by atoms with Crippen molar-refractivity contribution in [1.82, 2.24) is 23.9 Å². The Morgan fingerprint density at radius 1 is 1.08 bits per heavy atom. The average molecular weight is 536 g/mol. The Kier molecular flexibility index (Phi) is 8.21. The third kappa shape index (κ3) is 5.67. The molecule has 1 saturated heterocycles. The van der Waals surface area contributed by atoms with Crippen LogP contribution >= 0.6 is 0 Å². The second-order valence-electron chi connectivity index (χ2n) is 12.0. The minimum Gasteiger partial charge on any atom is -0.339 e. The number of piperidine rings is 1. The number of carbonyl (C=O) groups is 1. The molecule has 210 valence electrons. The van der Waals surface area contributed by atoms with Crippen molar-refractivity contribution in [2.75, 3.05) is 26.7 Å². The molecule has 0 radical (unpaired) electrons. The highest BCUT2D eigenvalue weighted by Crippen LogP contribution is 2.32. The number of amides is 1. The summed E-state index contributed by atoms with van der Waals surface area (Å²) in [4.78, 5) is 35.8. The molecule has 0 atom stereocenters. The van der Waals surface area contributed by atoms with Crippen LogP contribution in [0.25, 0.3) is 16.7 Å².